The van der Waals surface area contributed by atoms with Crippen LogP contribution >= 0.6 is 0 Å². The molecule has 0 aliphatic rings. The van der Waals surface area contributed by atoms with Crippen molar-refractivity contribution in [3.8, 4) is 22.9 Å². The first-order valence-electron chi connectivity index (χ1n) is 9.43. The molecule has 0 saturated carbocycles. The second-order valence-corrected chi connectivity index (χ2v) is 6.41. The van der Waals surface area contributed by atoms with E-state index >= 15 is 0 Å². The number of amides is 1. The van der Waals surface area contributed by atoms with Crippen LogP contribution in [0.15, 0.2) is 48.9 Å². The number of hydrogen-bond acceptors (Lipinski definition) is 6. The normalized spacial score (nSPS) is 10.4. The minimum atomic E-state index is -0.265. The molecular weight excluding hydrogens is 368 g/mol. The summed E-state index contributed by atoms with van der Waals surface area (Å²) in [6.07, 6.45) is 5.42. The van der Waals surface area contributed by atoms with Crippen molar-refractivity contribution < 1.29 is 14.3 Å². The molecule has 7 heteroatoms. The molecule has 3 aromatic rings. The third-order valence-corrected chi connectivity index (χ3v) is 4.43. The maximum atomic E-state index is 12.5. The van der Waals surface area contributed by atoms with Crippen molar-refractivity contribution in [1.29, 1.82) is 0 Å². The van der Waals surface area contributed by atoms with Crippen molar-refractivity contribution in [3.63, 3.8) is 0 Å². The van der Waals surface area contributed by atoms with E-state index in [1.54, 1.807) is 25.6 Å². The zero-order chi connectivity index (χ0) is 20.6. The van der Waals surface area contributed by atoms with Crippen molar-refractivity contribution in [2.24, 2.45) is 0 Å². The summed E-state index contributed by atoms with van der Waals surface area (Å²) in [5.74, 6) is 1.09. The Labute approximate surface area is 170 Å². The van der Waals surface area contributed by atoms with Gasteiger partial charge in [-0.15, -0.1) is 0 Å². The second kappa shape index (κ2) is 9.64. The highest BCUT2D eigenvalue weighted by Gasteiger charge is 2.11. The summed E-state index contributed by atoms with van der Waals surface area (Å²) in [6.45, 7) is 4.98. The molecule has 150 valence electrons. The molecular formula is C22H24N4O3. The fourth-order valence-electron chi connectivity index (χ4n) is 2.82. The molecule has 7 nitrogen and oxygen atoms in total. The van der Waals surface area contributed by atoms with Crippen molar-refractivity contribution in [2.45, 2.75) is 20.3 Å². The third-order valence-electron chi connectivity index (χ3n) is 4.43. The smallest absolute Gasteiger partial charge is 0.271 e. The van der Waals surface area contributed by atoms with Crippen LogP contribution < -0.4 is 14.8 Å². The monoisotopic (exact) mass is 392 g/mol. The average molecular weight is 392 g/mol. The Hall–Kier alpha value is -3.48. The highest BCUT2D eigenvalue weighted by molar-refractivity contribution is 5.92. The van der Waals surface area contributed by atoms with Gasteiger partial charge >= 0.3 is 0 Å². The Morgan fingerprint density at radius 1 is 1.14 bits per heavy atom. The van der Waals surface area contributed by atoms with Crippen molar-refractivity contribution in [2.75, 3.05) is 20.3 Å². The SMILES string of the molecule is CCOc1ccc(-c2cncc(C(=O)NCCc3cc(OC)ccc3C)n2)cn1. The standard InChI is InChI=1S/C22H24N4O3/c1-4-29-21-8-6-17(12-25-21)19-13-23-14-20(26-19)22(27)24-10-9-16-11-18(28-3)7-5-15(16)2/h5-8,11-14H,4,9-10H2,1-3H3,(H,24,27). The molecule has 1 aromatic carbocycles. The molecule has 0 unspecified atom stereocenters. The van der Waals surface area contributed by atoms with E-state index < -0.39 is 0 Å². The first-order chi connectivity index (χ1) is 14.1. The highest BCUT2D eigenvalue weighted by Crippen LogP contribution is 2.19. The summed E-state index contributed by atoms with van der Waals surface area (Å²) < 4.78 is 10.6. The summed E-state index contributed by atoms with van der Waals surface area (Å²) >= 11 is 0. The van der Waals surface area contributed by atoms with Gasteiger partial charge in [0, 0.05) is 24.4 Å². The van der Waals surface area contributed by atoms with Crippen molar-refractivity contribution >= 4 is 5.91 Å². The van der Waals surface area contributed by atoms with Gasteiger partial charge in [-0.25, -0.2) is 9.97 Å². The number of ether oxygens (including phenoxy) is 2. The maximum Gasteiger partial charge on any atom is 0.271 e. The lowest BCUT2D eigenvalue weighted by molar-refractivity contribution is 0.0949. The van der Waals surface area contributed by atoms with Gasteiger partial charge in [0.05, 0.1) is 31.8 Å². The molecule has 2 aromatic heterocycles. The Balaban J connectivity index is 1.63. The second-order valence-electron chi connectivity index (χ2n) is 6.41. The number of benzene rings is 1. The van der Waals surface area contributed by atoms with Gasteiger partial charge in [-0.05, 0) is 49.6 Å². The number of aryl methyl sites for hydroxylation is 1. The first kappa shape index (κ1) is 20.3. The summed E-state index contributed by atoms with van der Waals surface area (Å²) in [6, 6.07) is 9.53. The largest absolute Gasteiger partial charge is 0.497 e. The zero-order valence-corrected chi connectivity index (χ0v) is 16.8. The lowest BCUT2D eigenvalue weighted by atomic mass is 10.1. The van der Waals surface area contributed by atoms with E-state index in [4.69, 9.17) is 9.47 Å². The van der Waals surface area contributed by atoms with Gasteiger partial charge in [0.15, 0.2) is 0 Å². The fourth-order valence-corrected chi connectivity index (χ4v) is 2.82. The van der Waals surface area contributed by atoms with Gasteiger partial charge in [0.1, 0.15) is 11.4 Å². The average Bonchev–Trinajstić information content (AvgIpc) is 2.76. The summed E-state index contributed by atoms with van der Waals surface area (Å²) in [5.41, 5.74) is 3.90. The quantitative estimate of drug-likeness (QED) is 0.633. The first-order valence-corrected chi connectivity index (χ1v) is 9.43. The number of nitrogens with zero attached hydrogens (tertiary/aromatic N) is 3. The fraction of sp³-hybridized carbons (Fsp3) is 0.273. The Bertz CT molecular complexity index is 974. The summed E-state index contributed by atoms with van der Waals surface area (Å²) in [4.78, 5) is 25.3. The number of pyridine rings is 1. The number of methoxy groups -OCH3 is 1. The third kappa shape index (κ3) is 5.28. The lowest BCUT2D eigenvalue weighted by Gasteiger charge is -2.10. The number of aromatic nitrogens is 3. The molecule has 0 aliphatic carbocycles. The molecule has 0 saturated heterocycles. The van der Waals surface area contributed by atoms with Crippen LogP contribution in [0.3, 0.4) is 0 Å². The molecule has 0 radical (unpaired) electrons. The van der Waals surface area contributed by atoms with E-state index in [1.807, 2.05) is 38.1 Å². The van der Waals surface area contributed by atoms with Gasteiger partial charge in [-0.2, -0.15) is 0 Å². The van der Waals surface area contributed by atoms with Gasteiger partial charge in [0.25, 0.3) is 5.91 Å². The zero-order valence-electron chi connectivity index (χ0n) is 16.8. The van der Waals surface area contributed by atoms with Crippen LogP contribution in [0.5, 0.6) is 11.6 Å². The molecule has 29 heavy (non-hydrogen) atoms. The van der Waals surface area contributed by atoms with Crippen molar-refractivity contribution in [1.82, 2.24) is 20.3 Å². The van der Waals surface area contributed by atoms with E-state index in [2.05, 4.69) is 20.3 Å². The Kier molecular flexibility index (Phi) is 6.73. The molecule has 0 fully saturated rings. The minimum absolute atomic E-state index is 0.263. The van der Waals surface area contributed by atoms with E-state index in [0.29, 0.717) is 31.1 Å². The number of hydrogen-bond donors (Lipinski definition) is 1. The molecule has 1 N–H and O–H groups in total. The predicted octanol–water partition coefficient (Wildman–Crippen LogP) is 3.23. The lowest BCUT2D eigenvalue weighted by Crippen LogP contribution is -2.27. The van der Waals surface area contributed by atoms with E-state index in [0.717, 1.165) is 22.4 Å². The number of nitrogens with one attached hydrogen (secondary N) is 1. The number of rotatable bonds is 8. The van der Waals surface area contributed by atoms with Gasteiger partial charge in [-0.1, -0.05) is 6.07 Å². The van der Waals surface area contributed by atoms with Crippen LogP contribution in [0.4, 0.5) is 0 Å². The molecule has 1 amide bonds. The molecule has 0 bridgehead atoms. The van der Waals surface area contributed by atoms with E-state index in [-0.39, 0.29) is 11.6 Å². The van der Waals surface area contributed by atoms with Gasteiger partial charge in [-0.3, -0.25) is 9.78 Å². The van der Waals surface area contributed by atoms with Crippen LogP contribution in [0.1, 0.15) is 28.5 Å². The Morgan fingerprint density at radius 2 is 2.00 bits per heavy atom. The number of carbonyl (C=O) groups excluding carboxylic acids is 1. The van der Waals surface area contributed by atoms with Gasteiger partial charge < -0.3 is 14.8 Å². The summed E-state index contributed by atoms with van der Waals surface area (Å²) in [5, 5.41) is 2.90. The number of carbonyl (C=O) groups is 1. The van der Waals surface area contributed by atoms with E-state index in [1.165, 1.54) is 6.20 Å². The predicted molar refractivity (Wildman–Crippen MR) is 110 cm³/mol. The van der Waals surface area contributed by atoms with Crippen LogP contribution in [0, 0.1) is 6.92 Å². The molecule has 0 spiro atoms. The molecule has 3 rings (SSSR count). The summed E-state index contributed by atoms with van der Waals surface area (Å²) in [7, 11) is 1.64. The minimum Gasteiger partial charge on any atom is -0.497 e. The topological polar surface area (TPSA) is 86.2 Å². The van der Waals surface area contributed by atoms with Crippen LogP contribution in [0.25, 0.3) is 11.3 Å². The molecule has 2 heterocycles. The van der Waals surface area contributed by atoms with Crippen LogP contribution in [-0.4, -0.2) is 41.1 Å². The molecule has 0 aliphatic heterocycles. The Morgan fingerprint density at radius 3 is 2.72 bits per heavy atom. The highest BCUT2D eigenvalue weighted by atomic mass is 16.5. The maximum absolute atomic E-state index is 12.5. The van der Waals surface area contributed by atoms with Gasteiger partial charge in [0.2, 0.25) is 5.88 Å². The molecule has 0 atom stereocenters. The van der Waals surface area contributed by atoms with Crippen LogP contribution in [-0.2, 0) is 6.42 Å². The van der Waals surface area contributed by atoms with Crippen LogP contribution in [0.2, 0.25) is 0 Å². The van der Waals surface area contributed by atoms with E-state index in [9.17, 15) is 4.79 Å². The van der Waals surface area contributed by atoms with Crippen molar-refractivity contribution in [3.05, 3.63) is 65.7 Å².